The molecule has 0 bridgehead atoms. The molecule has 1 heterocycles. The second-order valence-corrected chi connectivity index (χ2v) is 4.55. The fourth-order valence-electron chi connectivity index (χ4n) is 2.04. The summed E-state index contributed by atoms with van der Waals surface area (Å²) in [5.74, 6) is -1.71. The lowest BCUT2D eigenvalue weighted by atomic mass is 9.97. The van der Waals surface area contributed by atoms with E-state index in [9.17, 15) is 22.4 Å². The first-order valence-corrected chi connectivity index (χ1v) is 5.85. The topological polar surface area (TPSA) is 26.3 Å². The molecule has 1 aromatic carbocycles. The van der Waals surface area contributed by atoms with Gasteiger partial charge >= 0.3 is 6.18 Å². The number of hydrogen-bond acceptors (Lipinski definition) is 2. The minimum Gasteiger partial charge on any atom is -0.381 e. The number of ketones is 1. The minimum absolute atomic E-state index is 0.0302. The van der Waals surface area contributed by atoms with Gasteiger partial charge in [-0.3, -0.25) is 4.79 Å². The van der Waals surface area contributed by atoms with Gasteiger partial charge in [0.05, 0.1) is 5.56 Å². The lowest BCUT2D eigenvalue weighted by molar-refractivity contribution is -0.140. The Labute approximate surface area is 107 Å². The molecule has 1 saturated heterocycles. The molecule has 19 heavy (non-hydrogen) atoms. The van der Waals surface area contributed by atoms with Crippen molar-refractivity contribution in [3.63, 3.8) is 0 Å². The molecule has 1 atom stereocenters. The number of Topliss-reactive ketones (excluding diaryl/α,β-unsaturated/α-hetero) is 1. The molecule has 0 N–H and O–H groups in total. The summed E-state index contributed by atoms with van der Waals surface area (Å²) >= 11 is 0. The summed E-state index contributed by atoms with van der Waals surface area (Å²) in [6, 6.07) is 2.28. The standard InChI is InChI=1S/C13H12F4O2/c14-11-6-9(1-2-10(11)13(15,16)17)12(18)5-8-3-4-19-7-8/h1-2,6,8H,3-5,7H2. The highest BCUT2D eigenvalue weighted by atomic mass is 19.4. The molecule has 0 saturated carbocycles. The van der Waals surface area contributed by atoms with Crippen molar-refractivity contribution in [3.8, 4) is 0 Å². The van der Waals surface area contributed by atoms with Gasteiger partial charge < -0.3 is 4.74 Å². The number of halogens is 4. The maximum atomic E-state index is 13.3. The number of benzene rings is 1. The lowest BCUT2D eigenvalue weighted by Gasteiger charge is -2.10. The van der Waals surface area contributed by atoms with Gasteiger partial charge in [0.25, 0.3) is 0 Å². The van der Waals surface area contributed by atoms with Crippen molar-refractivity contribution in [2.75, 3.05) is 13.2 Å². The van der Waals surface area contributed by atoms with Crippen LogP contribution in [0.4, 0.5) is 17.6 Å². The highest BCUT2D eigenvalue weighted by molar-refractivity contribution is 5.96. The van der Waals surface area contributed by atoms with E-state index in [0.717, 1.165) is 12.5 Å². The van der Waals surface area contributed by atoms with Crippen LogP contribution in [0.2, 0.25) is 0 Å². The van der Waals surface area contributed by atoms with Crippen LogP contribution in [0.1, 0.15) is 28.8 Å². The quantitative estimate of drug-likeness (QED) is 0.624. The van der Waals surface area contributed by atoms with E-state index in [1.165, 1.54) is 0 Å². The van der Waals surface area contributed by atoms with Gasteiger partial charge in [0.1, 0.15) is 5.82 Å². The summed E-state index contributed by atoms with van der Waals surface area (Å²) in [4.78, 5) is 11.8. The van der Waals surface area contributed by atoms with Crippen LogP contribution in [0, 0.1) is 11.7 Å². The third-order valence-electron chi connectivity index (χ3n) is 3.09. The Bertz CT molecular complexity index is 476. The number of alkyl halides is 3. The van der Waals surface area contributed by atoms with Crippen molar-refractivity contribution >= 4 is 5.78 Å². The van der Waals surface area contributed by atoms with Crippen molar-refractivity contribution in [1.82, 2.24) is 0 Å². The second-order valence-electron chi connectivity index (χ2n) is 4.55. The normalized spacial score (nSPS) is 19.7. The predicted molar refractivity (Wildman–Crippen MR) is 59.3 cm³/mol. The number of rotatable bonds is 3. The molecule has 1 unspecified atom stereocenters. The first-order valence-electron chi connectivity index (χ1n) is 5.85. The van der Waals surface area contributed by atoms with Crippen LogP contribution in [-0.2, 0) is 10.9 Å². The zero-order valence-electron chi connectivity index (χ0n) is 9.97. The van der Waals surface area contributed by atoms with Crippen LogP contribution < -0.4 is 0 Å². The molecule has 1 aromatic rings. The zero-order chi connectivity index (χ0) is 14.0. The minimum atomic E-state index is -4.75. The molecule has 0 aliphatic carbocycles. The van der Waals surface area contributed by atoms with Crippen LogP contribution in [0.15, 0.2) is 18.2 Å². The van der Waals surface area contributed by atoms with E-state index in [-0.39, 0.29) is 23.7 Å². The van der Waals surface area contributed by atoms with Crippen molar-refractivity contribution < 1.29 is 27.1 Å². The van der Waals surface area contributed by atoms with Gasteiger partial charge in [-0.25, -0.2) is 4.39 Å². The average molecular weight is 276 g/mol. The van der Waals surface area contributed by atoms with Gasteiger partial charge in [-0.15, -0.1) is 0 Å². The third kappa shape index (κ3) is 3.32. The molecule has 104 valence electrons. The Hall–Kier alpha value is -1.43. The van der Waals surface area contributed by atoms with Crippen LogP contribution in [-0.4, -0.2) is 19.0 Å². The molecule has 0 spiro atoms. The average Bonchev–Trinajstić information content (AvgIpc) is 2.79. The molecular formula is C13H12F4O2. The first-order chi connectivity index (χ1) is 8.88. The molecule has 1 fully saturated rings. The van der Waals surface area contributed by atoms with Gasteiger partial charge in [-0.1, -0.05) is 6.07 Å². The van der Waals surface area contributed by atoms with Crippen molar-refractivity contribution in [2.45, 2.75) is 19.0 Å². The highest BCUT2D eigenvalue weighted by Crippen LogP contribution is 2.32. The van der Waals surface area contributed by atoms with Crippen LogP contribution in [0.5, 0.6) is 0 Å². The highest BCUT2D eigenvalue weighted by Gasteiger charge is 2.34. The smallest absolute Gasteiger partial charge is 0.381 e. The summed E-state index contributed by atoms with van der Waals surface area (Å²) in [5.41, 5.74) is -1.38. The van der Waals surface area contributed by atoms with Gasteiger partial charge in [0.2, 0.25) is 0 Å². The monoisotopic (exact) mass is 276 g/mol. The van der Waals surface area contributed by atoms with Gasteiger partial charge in [-0.05, 0) is 24.5 Å². The van der Waals surface area contributed by atoms with E-state index in [0.29, 0.717) is 25.3 Å². The Kier molecular flexibility index (Phi) is 3.89. The summed E-state index contributed by atoms with van der Waals surface area (Å²) < 4.78 is 55.5. The van der Waals surface area contributed by atoms with Crippen LogP contribution in [0.3, 0.4) is 0 Å². The Morgan fingerprint density at radius 1 is 1.37 bits per heavy atom. The second kappa shape index (κ2) is 5.28. The summed E-state index contributed by atoms with van der Waals surface area (Å²) in [6.45, 7) is 1.05. The van der Waals surface area contributed by atoms with E-state index >= 15 is 0 Å². The van der Waals surface area contributed by atoms with Gasteiger partial charge in [0.15, 0.2) is 5.78 Å². The Balaban J connectivity index is 2.12. The fraction of sp³-hybridized carbons (Fsp3) is 0.462. The maximum absolute atomic E-state index is 13.3. The molecular weight excluding hydrogens is 264 g/mol. The largest absolute Gasteiger partial charge is 0.419 e. The maximum Gasteiger partial charge on any atom is 0.419 e. The van der Waals surface area contributed by atoms with E-state index in [1.807, 2.05) is 0 Å². The number of carbonyl (C=O) groups excluding carboxylic acids is 1. The van der Waals surface area contributed by atoms with Crippen LogP contribution >= 0.6 is 0 Å². The van der Waals surface area contributed by atoms with Crippen molar-refractivity contribution in [2.24, 2.45) is 5.92 Å². The number of hydrogen-bond donors (Lipinski definition) is 0. The number of ether oxygens (including phenoxy) is 1. The Morgan fingerprint density at radius 3 is 2.63 bits per heavy atom. The van der Waals surface area contributed by atoms with Crippen LogP contribution in [0.25, 0.3) is 0 Å². The predicted octanol–water partition coefficient (Wildman–Crippen LogP) is 3.45. The third-order valence-corrected chi connectivity index (χ3v) is 3.09. The lowest BCUT2D eigenvalue weighted by Crippen LogP contribution is -2.12. The van der Waals surface area contributed by atoms with Crippen molar-refractivity contribution in [1.29, 1.82) is 0 Å². The summed E-state index contributed by atoms with van der Waals surface area (Å²) in [7, 11) is 0. The van der Waals surface area contributed by atoms with E-state index < -0.39 is 17.6 Å². The Morgan fingerprint density at radius 2 is 2.11 bits per heavy atom. The van der Waals surface area contributed by atoms with Gasteiger partial charge in [0, 0.05) is 25.2 Å². The summed E-state index contributed by atoms with van der Waals surface area (Å²) in [6.07, 6.45) is -3.83. The van der Waals surface area contributed by atoms with E-state index in [2.05, 4.69) is 0 Å². The molecule has 0 radical (unpaired) electrons. The zero-order valence-corrected chi connectivity index (χ0v) is 9.97. The van der Waals surface area contributed by atoms with Crippen molar-refractivity contribution in [3.05, 3.63) is 35.1 Å². The molecule has 2 rings (SSSR count). The number of carbonyl (C=O) groups is 1. The SMILES string of the molecule is O=C(CC1CCOC1)c1ccc(C(F)(F)F)c(F)c1. The fourth-order valence-corrected chi connectivity index (χ4v) is 2.04. The molecule has 6 heteroatoms. The molecule has 2 nitrogen and oxygen atoms in total. The van der Waals surface area contributed by atoms with Gasteiger partial charge in [-0.2, -0.15) is 13.2 Å². The molecule has 0 amide bonds. The van der Waals surface area contributed by atoms with E-state index in [4.69, 9.17) is 4.74 Å². The molecule has 1 aliphatic heterocycles. The van der Waals surface area contributed by atoms with E-state index in [1.54, 1.807) is 0 Å². The first kappa shape index (κ1) is 14.0. The molecule has 0 aromatic heterocycles. The summed E-state index contributed by atoms with van der Waals surface area (Å²) in [5, 5.41) is 0. The molecule has 1 aliphatic rings.